The predicted molar refractivity (Wildman–Crippen MR) is 112 cm³/mol. The summed E-state index contributed by atoms with van der Waals surface area (Å²) in [5.74, 6) is 0.568. The highest BCUT2D eigenvalue weighted by Crippen LogP contribution is 2.61. The summed E-state index contributed by atoms with van der Waals surface area (Å²) in [5.41, 5.74) is 2.69. The molecule has 0 aromatic rings. The molecule has 2 saturated carbocycles. The summed E-state index contributed by atoms with van der Waals surface area (Å²) in [4.78, 5) is 11.9. The molecule has 0 N–H and O–H groups in total. The Morgan fingerprint density at radius 3 is 2.45 bits per heavy atom. The number of hydrogen-bond donors (Lipinski definition) is 0. The van der Waals surface area contributed by atoms with Crippen LogP contribution in [0, 0.1) is 29.6 Å². The van der Waals surface area contributed by atoms with Crippen LogP contribution >= 0.6 is 0 Å². The SMILES string of the molecule is COC1OC2(OC)CCC(C)C2C2C(C(C)=CCC=C(C)C)CC(OC(C)=O)C12. The maximum Gasteiger partial charge on any atom is 0.302 e. The first-order chi connectivity index (χ1) is 13.7. The lowest BCUT2D eigenvalue weighted by Crippen LogP contribution is -2.57. The number of rotatable bonds is 6. The van der Waals surface area contributed by atoms with Crippen molar-refractivity contribution in [1.82, 2.24) is 0 Å². The highest BCUT2D eigenvalue weighted by molar-refractivity contribution is 5.66. The fourth-order valence-electron chi connectivity index (χ4n) is 6.17. The molecule has 0 aromatic carbocycles. The van der Waals surface area contributed by atoms with Gasteiger partial charge in [-0.05, 0) is 57.8 Å². The number of methoxy groups -OCH3 is 2. The summed E-state index contributed by atoms with van der Waals surface area (Å²) < 4.78 is 24.1. The molecular formula is C24H38O5. The highest BCUT2D eigenvalue weighted by Gasteiger charge is 2.65. The Morgan fingerprint density at radius 1 is 1.14 bits per heavy atom. The second-order valence-electron chi connectivity index (χ2n) is 9.39. The Bertz CT molecular complexity index is 664. The van der Waals surface area contributed by atoms with Gasteiger partial charge in [-0.15, -0.1) is 0 Å². The van der Waals surface area contributed by atoms with E-state index >= 15 is 0 Å². The number of allylic oxidation sites excluding steroid dienone is 4. The fraction of sp³-hybridized carbons (Fsp3) is 0.792. The Kier molecular flexibility index (Phi) is 6.91. The second kappa shape index (κ2) is 8.91. The van der Waals surface area contributed by atoms with Gasteiger partial charge in [0.25, 0.3) is 0 Å². The average molecular weight is 407 g/mol. The topological polar surface area (TPSA) is 54.0 Å². The van der Waals surface area contributed by atoms with Crippen LogP contribution in [-0.2, 0) is 23.7 Å². The van der Waals surface area contributed by atoms with E-state index in [9.17, 15) is 4.79 Å². The van der Waals surface area contributed by atoms with Gasteiger partial charge in [-0.3, -0.25) is 4.79 Å². The highest BCUT2D eigenvalue weighted by atomic mass is 16.8. The van der Waals surface area contributed by atoms with Crippen molar-refractivity contribution in [3.05, 3.63) is 23.3 Å². The van der Waals surface area contributed by atoms with Crippen LogP contribution in [0.2, 0.25) is 0 Å². The number of ether oxygens (including phenoxy) is 4. The van der Waals surface area contributed by atoms with E-state index in [1.165, 1.54) is 18.1 Å². The van der Waals surface area contributed by atoms with Gasteiger partial charge in [0.2, 0.25) is 0 Å². The zero-order valence-electron chi connectivity index (χ0n) is 19.1. The smallest absolute Gasteiger partial charge is 0.302 e. The van der Waals surface area contributed by atoms with E-state index in [0.29, 0.717) is 17.8 Å². The summed E-state index contributed by atoms with van der Waals surface area (Å²) in [5, 5.41) is 0. The third-order valence-corrected chi connectivity index (χ3v) is 7.38. The minimum atomic E-state index is -0.606. The lowest BCUT2D eigenvalue weighted by atomic mass is 9.68. The van der Waals surface area contributed by atoms with Gasteiger partial charge in [-0.2, -0.15) is 0 Å². The standard InChI is InChI=1S/C24H38O5/c1-14(2)9-8-10-15(3)18-13-19(28-17(5)25)21-20(18)22-16(4)11-12-24(22,27-7)29-23(21)26-6/h9-10,16,18-23H,8,11-13H2,1-7H3. The third kappa shape index (κ3) is 4.19. The lowest BCUT2D eigenvalue weighted by molar-refractivity contribution is -0.367. The second-order valence-corrected chi connectivity index (χ2v) is 9.39. The minimum absolute atomic E-state index is 0.0227. The molecule has 5 heteroatoms. The van der Waals surface area contributed by atoms with Crippen molar-refractivity contribution in [3.63, 3.8) is 0 Å². The Morgan fingerprint density at radius 2 is 1.86 bits per heavy atom. The molecular weight excluding hydrogens is 368 g/mol. The number of hydrogen-bond acceptors (Lipinski definition) is 5. The van der Waals surface area contributed by atoms with Gasteiger partial charge >= 0.3 is 5.97 Å². The molecule has 0 aromatic heterocycles. The van der Waals surface area contributed by atoms with E-state index in [2.05, 4.69) is 39.8 Å². The Hall–Kier alpha value is -1.17. The largest absolute Gasteiger partial charge is 0.462 e. The van der Waals surface area contributed by atoms with E-state index in [4.69, 9.17) is 18.9 Å². The molecule has 3 fully saturated rings. The van der Waals surface area contributed by atoms with Crippen LogP contribution in [0.5, 0.6) is 0 Å². The van der Waals surface area contributed by atoms with Crippen molar-refractivity contribution in [2.75, 3.05) is 14.2 Å². The maximum atomic E-state index is 11.9. The van der Waals surface area contributed by atoms with Gasteiger partial charge < -0.3 is 18.9 Å². The molecule has 29 heavy (non-hydrogen) atoms. The normalized spacial score (nSPS) is 41.6. The third-order valence-electron chi connectivity index (χ3n) is 7.38. The number of carbonyl (C=O) groups excluding carboxylic acids is 1. The molecule has 0 amide bonds. The molecule has 3 rings (SSSR count). The summed E-state index contributed by atoms with van der Waals surface area (Å²) in [6.07, 6.45) is 7.66. The van der Waals surface area contributed by atoms with Gasteiger partial charge in [-0.1, -0.05) is 30.2 Å². The number of fused-ring (bicyclic) bond motifs is 3. The van der Waals surface area contributed by atoms with Crippen molar-refractivity contribution in [2.24, 2.45) is 29.6 Å². The van der Waals surface area contributed by atoms with Gasteiger partial charge in [0, 0.05) is 33.5 Å². The molecule has 164 valence electrons. The maximum absolute atomic E-state index is 11.9. The van der Waals surface area contributed by atoms with E-state index in [0.717, 1.165) is 25.7 Å². The number of carbonyl (C=O) groups is 1. The lowest BCUT2D eigenvalue weighted by Gasteiger charge is -2.51. The summed E-state index contributed by atoms with van der Waals surface area (Å²) in [7, 11) is 3.43. The van der Waals surface area contributed by atoms with Crippen LogP contribution in [0.15, 0.2) is 23.3 Å². The first-order valence-corrected chi connectivity index (χ1v) is 11.0. The molecule has 8 atom stereocenters. The van der Waals surface area contributed by atoms with Gasteiger partial charge in [0.15, 0.2) is 12.1 Å². The molecule has 5 nitrogen and oxygen atoms in total. The van der Waals surface area contributed by atoms with E-state index in [1.54, 1.807) is 14.2 Å². The summed E-state index contributed by atoms with van der Waals surface area (Å²) >= 11 is 0. The minimum Gasteiger partial charge on any atom is -0.462 e. The zero-order valence-corrected chi connectivity index (χ0v) is 19.1. The van der Waals surface area contributed by atoms with Crippen LogP contribution in [0.4, 0.5) is 0 Å². The molecule has 2 aliphatic carbocycles. The molecule has 0 radical (unpaired) electrons. The average Bonchev–Trinajstić information content (AvgIpc) is 3.19. The molecule has 1 aliphatic heterocycles. The fourth-order valence-corrected chi connectivity index (χ4v) is 6.17. The molecule has 1 heterocycles. The monoisotopic (exact) mass is 406 g/mol. The van der Waals surface area contributed by atoms with Crippen molar-refractivity contribution in [3.8, 4) is 0 Å². The summed E-state index contributed by atoms with van der Waals surface area (Å²) in [6.45, 7) is 10.3. The Balaban J connectivity index is 2.00. The van der Waals surface area contributed by atoms with E-state index < -0.39 is 12.1 Å². The van der Waals surface area contributed by atoms with Gasteiger partial charge in [0.05, 0.1) is 5.92 Å². The van der Waals surface area contributed by atoms with Crippen molar-refractivity contribution < 1.29 is 23.7 Å². The van der Waals surface area contributed by atoms with Crippen LogP contribution < -0.4 is 0 Å². The quantitative estimate of drug-likeness (QED) is 0.465. The van der Waals surface area contributed by atoms with E-state index in [1.807, 2.05) is 0 Å². The number of esters is 1. The molecule has 0 spiro atoms. The Labute approximate surface area is 175 Å². The van der Waals surface area contributed by atoms with Gasteiger partial charge in [-0.25, -0.2) is 0 Å². The van der Waals surface area contributed by atoms with Gasteiger partial charge in [0.1, 0.15) is 6.10 Å². The van der Waals surface area contributed by atoms with Crippen LogP contribution in [0.1, 0.15) is 60.3 Å². The molecule has 1 saturated heterocycles. The molecule has 3 aliphatic rings. The van der Waals surface area contributed by atoms with Crippen molar-refractivity contribution in [2.45, 2.75) is 78.5 Å². The van der Waals surface area contributed by atoms with Crippen LogP contribution in [0.25, 0.3) is 0 Å². The zero-order chi connectivity index (χ0) is 21.3. The molecule has 0 bridgehead atoms. The van der Waals surface area contributed by atoms with Crippen LogP contribution in [0.3, 0.4) is 0 Å². The summed E-state index contributed by atoms with van der Waals surface area (Å²) in [6, 6.07) is 0. The van der Waals surface area contributed by atoms with Crippen molar-refractivity contribution in [1.29, 1.82) is 0 Å². The van der Waals surface area contributed by atoms with Crippen LogP contribution in [-0.4, -0.2) is 38.4 Å². The first-order valence-electron chi connectivity index (χ1n) is 11.0. The molecule has 8 unspecified atom stereocenters. The van der Waals surface area contributed by atoms with Crippen molar-refractivity contribution >= 4 is 5.97 Å². The first kappa shape index (κ1) is 22.5. The van der Waals surface area contributed by atoms with E-state index in [-0.39, 0.29) is 23.9 Å². The predicted octanol–water partition coefficient (Wildman–Crippen LogP) is 4.86.